The van der Waals surface area contributed by atoms with Gasteiger partial charge in [0.05, 0.1) is 6.20 Å². The summed E-state index contributed by atoms with van der Waals surface area (Å²) in [5.74, 6) is 3.81. The molecule has 1 aliphatic heterocycles. The summed E-state index contributed by atoms with van der Waals surface area (Å²) in [6.07, 6.45) is 2.74. The van der Waals surface area contributed by atoms with Crippen molar-refractivity contribution in [2.45, 2.75) is 13.3 Å². The van der Waals surface area contributed by atoms with Gasteiger partial charge in [0.2, 0.25) is 5.95 Å². The van der Waals surface area contributed by atoms with Crippen molar-refractivity contribution in [3.63, 3.8) is 0 Å². The maximum absolute atomic E-state index is 6.16. The van der Waals surface area contributed by atoms with E-state index >= 15 is 0 Å². The molecular formula is C11H17ClN4S. The largest absolute Gasteiger partial charge is 0.354 e. The highest BCUT2D eigenvalue weighted by Gasteiger charge is 2.16. The second-order valence-corrected chi connectivity index (χ2v) is 5.52. The van der Waals surface area contributed by atoms with E-state index < -0.39 is 0 Å². The Morgan fingerprint density at radius 2 is 2.24 bits per heavy atom. The number of halogens is 1. The Morgan fingerprint density at radius 3 is 2.94 bits per heavy atom. The molecule has 1 saturated heterocycles. The summed E-state index contributed by atoms with van der Waals surface area (Å²) in [6, 6.07) is 0. The lowest BCUT2D eigenvalue weighted by molar-refractivity contribution is 0.833. The summed E-state index contributed by atoms with van der Waals surface area (Å²) < 4.78 is 0. The Morgan fingerprint density at radius 1 is 1.47 bits per heavy atom. The first-order chi connectivity index (χ1) is 8.31. The molecule has 0 amide bonds. The molecule has 0 unspecified atom stereocenters. The molecule has 1 aromatic rings. The van der Waals surface area contributed by atoms with Crippen LogP contribution in [0.2, 0.25) is 5.02 Å². The van der Waals surface area contributed by atoms with Gasteiger partial charge in [-0.25, -0.2) is 4.98 Å². The number of nitrogens with zero attached hydrogens (tertiary/aromatic N) is 3. The van der Waals surface area contributed by atoms with Crippen molar-refractivity contribution < 1.29 is 0 Å². The van der Waals surface area contributed by atoms with Gasteiger partial charge in [0.1, 0.15) is 5.02 Å². The molecule has 0 aliphatic carbocycles. The van der Waals surface area contributed by atoms with E-state index in [1.165, 1.54) is 0 Å². The van der Waals surface area contributed by atoms with Gasteiger partial charge in [-0.15, -0.1) is 0 Å². The van der Waals surface area contributed by atoms with Gasteiger partial charge in [-0.1, -0.05) is 18.5 Å². The monoisotopic (exact) mass is 272 g/mol. The lowest BCUT2D eigenvalue weighted by Crippen LogP contribution is -2.33. The van der Waals surface area contributed by atoms with Crippen LogP contribution in [0, 0.1) is 0 Å². The highest BCUT2D eigenvalue weighted by atomic mass is 35.5. The summed E-state index contributed by atoms with van der Waals surface area (Å²) in [6.45, 7) is 5.02. The highest BCUT2D eigenvalue weighted by Crippen LogP contribution is 2.26. The van der Waals surface area contributed by atoms with Crippen molar-refractivity contribution in [3.05, 3.63) is 11.2 Å². The first kappa shape index (κ1) is 12.8. The van der Waals surface area contributed by atoms with E-state index in [2.05, 4.69) is 27.1 Å². The molecule has 0 spiro atoms. The molecule has 6 heteroatoms. The highest BCUT2D eigenvalue weighted by molar-refractivity contribution is 7.99. The van der Waals surface area contributed by atoms with E-state index in [1.807, 2.05) is 11.8 Å². The second kappa shape index (κ2) is 6.31. The number of nitrogens with one attached hydrogen (secondary N) is 1. The van der Waals surface area contributed by atoms with Gasteiger partial charge in [0.25, 0.3) is 0 Å². The zero-order valence-corrected chi connectivity index (χ0v) is 11.5. The Bertz CT molecular complexity index is 368. The first-order valence-electron chi connectivity index (χ1n) is 5.90. The number of hydrogen-bond donors (Lipinski definition) is 1. The van der Waals surface area contributed by atoms with Crippen LogP contribution in [0.3, 0.4) is 0 Å². The number of rotatable bonds is 4. The van der Waals surface area contributed by atoms with E-state index in [4.69, 9.17) is 11.6 Å². The van der Waals surface area contributed by atoms with Gasteiger partial charge in [0, 0.05) is 31.1 Å². The van der Waals surface area contributed by atoms with Crippen LogP contribution in [-0.2, 0) is 0 Å². The third-order valence-electron chi connectivity index (χ3n) is 2.57. The van der Waals surface area contributed by atoms with Crippen LogP contribution in [-0.4, -0.2) is 41.1 Å². The molecule has 0 saturated carbocycles. The summed E-state index contributed by atoms with van der Waals surface area (Å²) in [7, 11) is 0. The zero-order valence-electron chi connectivity index (χ0n) is 9.95. The van der Waals surface area contributed by atoms with Crippen molar-refractivity contribution >= 4 is 35.1 Å². The third-order valence-corrected chi connectivity index (χ3v) is 3.78. The fraction of sp³-hybridized carbons (Fsp3) is 0.636. The van der Waals surface area contributed by atoms with Gasteiger partial charge in [-0.05, 0) is 6.42 Å². The molecule has 0 aromatic carbocycles. The van der Waals surface area contributed by atoms with Crippen LogP contribution in [0.4, 0.5) is 11.8 Å². The number of anilines is 2. The summed E-state index contributed by atoms with van der Waals surface area (Å²) >= 11 is 8.14. The average Bonchev–Trinajstić information content (AvgIpc) is 2.39. The molecule has 1 aromatic heterocycles. The normalized spacial score (nSPS) is 16.0. The molecule has 94 valence electrons. The maximum atomic E-state index is 6.16. The summed E-state index contributed by atoms with van der Waals surface area (Å²) in [4.78, 5) is 10.9. The minimum atomic E-state index is 0.638. The predicted octanol–water partition coefficient (Wildman–Crippen LogP) is 2.51. The van der Waals surface area contributed by atoms with Gasteiger partial charge in [-0.3, -0.25) is 0 Å². The van der Waals surface area contributed by atoms with E-state index in [9.17, 15) is 0 Å². The minimum Gasteiger partial charge on any atom is -0.354 e. The first-order valence-corrected chi connectivity index (χ1v) is 7.43. The van der Waals surface area contributed by atoms with Gasteiger partial charge in [-0.2, -0.15) is 16.7 Å². The van der Waals surface area contributed by atoms with Gasteiger partial charge in [0.15, 0.2) is 5.82 Å². The molecule has 1 fully saturated rings. The van der Waals surface area contributed by atoms with E-state index in [1.54, 1.807) is 6.20 Å². The quantitative estimate of drug-likeness (QED) is 0.912. The molecule has 1 aliphatic rings. The van der Waals surface area contributed by atoms with E-state index in [0.717, 1.165) is 43.4 Å². The van der Waals surface area contributed by atoms with Crippen LogP contribution in [0.1, 0.15) is 13.3 Å². The van der Waals surface area contributed by atoms with Crippen LogP contribution in [0.15, 0.2) is 6.20 Å². The van der Waals surface area contributed by atoms with Crippen LogP contribution in [0.5, 0.6) is 0 Å². The fourth-order valence-corrected chi connectivity index (χ4v) is 2.79. The second-order valence-electron chi connectivity index (χ2n) is 3.89. The lowest BCUT2D eigenvalue weighted by atomic mass is 10.4. The van der Waals surface area contributed by atoms with Crippen LogP contribution >= 0.6 is 23.4 Å². The minimum absolute atomic E-state index is 0.638. The average molecular weight is 273 g/mol. The number of thioether (sulfide) groups is 1. The van der Waals surface area contributed by atoms with Gasteiger partial charge < -0.3 is 10.2 Å². The van der Waals surface area contributed by atoms with E-state index in [0.29, 0.717) is 11.0 Å². The third kappa shape index (κ3) is 3.39. The Balaban J connectivity index is 2.13. The molecule has 0 atom stereocenters. The lowest BCUT2D eigenvalue weighted by Gasteiger charge is -2.28. The Kier molecular flexibility index (Phi) is 4.74. The molecule has 4 nitrogen and oxygen atoms in total. The van der Waals surface area contributed by atoms with Crippen molar-refractivity contribution in [2.24, 2.45) is 0 Å². The van der Waals surface area contributed by atoms with Crippen molar-refractivity contribution in [3.8, 4) is 0 Å². The summed E-state index contributed by atoms with van der Waals surface area (Å²) in [5, 5.41) is 3.83. The maximum Gasteiger partial charge on any atom is 0.224 e. The molecule has 0 radical (unpaired) electrons. The van der Waals surface area contributed by atoms with E-state index in [-0.39, 0.29) is 0 Å². The molecule has 17 heavy (non-hydrogen) atoms. The Labute approximate surface area is 111 Å². The molecule has 0 bridgehead atoms. The van der Waals surface area contributed by atoms with Crippen molar-refractivity contribution in [1.82, 2.24) is 9.97 Å². The number of aromatic nitrogens is 2. The zero-order chi connectivity index (χ0) is 12.1. The summed E-state index contributed by atoms with van der Waals surface area (Å²) in [5.41, 5.74) is 0. The van der Waals surface area contributed by atoms with Crippen LogP contribution in [0.25, 0.3) is 0 Å². The SMILES string of the molecule is CCCNc1ncc(Cl)c(N2CCSCC2)n1. The van der Waals surface area contributed by atoms with Crippen LogP contribution < -0.4 is 10.2 Å². The topological polar surface area (TPSA) is 41.1 Å². The van der Waals surface area contributed by atoms with Crippen molar-refractivity contribution in [1.29, 1.82) is 0 Å². The molecule has 1 N–H and O–H groups in total. The molecule has 2 heterocycles. The molecular weight excluding hydrogens is 256 g/mol. The van der Waals surface area contributed by atoms with Gasteiger partial charge >= 0.3 is 0 Å². The fourth-order valence-electron chi connectivity index (χ4n) is 1.68. The Hall–Kier alpha value is -0.680. The predicted molar refractivity (Wildman–Crippen MR) is 75.4 cm³/mol. The smallest absolute Gasteiger partial charge is 0.224 e. The molecule has 2 rings (SSSR count). The standard InChI is InChI=1S/C11H17ClN4S/c1-2-3-13-11-14-8-9(12)10(15-11)16-4-6-17-7-5-16/h8H,2-7H2,1H3,(H,13,14,15). The van der Waals surface area contributed by atoms with Crippen molar-refractivity contribution in [2.75, 3.05) is 41.4 Å². The number of hydrogen-bond acceptors (Lipinski definition) is 5.